The van der Waals surface area contributed by atoms with Crippen LogP contribution >= 0.6 is 11.8 Å². The molecule has 3 N–H and O–H groups in total. The largest absolute Gasteiger partial charge is 0.480 e. The molecule has 0 saturated heterocycles. The van der Waals surface area contributed by atoms with Gasteiger partial charge in [-0.25, -0.2) is 4.98 Å². The minimum absolute atomic E-state index is 0.207. The van der Waals surface area contributed by atoms with Crippen LogP contribution in [0.3, 0.4) is 0 Å². The fourth-order valence-corrected chi connectivity index (χ4v) is 1.95. The molecule has 88 valence electrons. The van der Waals surface area contributed by atoms with Crippen molar-refractivity contribution in [3.8, 4) is 0 Å². The molecule has 7 heteroatoms. The molecule has 0 fully saturated rings. The summed E-state index contributed by atoms with van der Waals surface area (Å²) in [5, 5.41) is 12.0. The number of aliphatic carboxylic acids is 1. The lowest BCUT2D eigenvalue weighted by atomic mass is 10.2. The van der Waals surface area contributed by atoms with Crippen LogP contribution in [0.4, 0.5) is 0 Å². The maximum absolute atomic E-state index is 10.9. The summed E-state index contributed by atoms with van der Waals surface area (Å²) in [5.74, 6) is -0.303. The normalized spacial score (nSPS) is 12.3. The number of thioether (sulfide) groups is 1. The first-order valence-electron chi connectivity index (χ1n) is 4.71. The third-order valence-electron chi connectivity index (χ3n) is 1.94. The van der Waals surface area contributed by atoms with Crippen LogP contribution in [0.25, 0.3) is 0 Å². The zero-order valence-corrected chi connectivity index (χ0v) is 9.58. The van der Waals surface area contributed by atoms with Gasteiger partial charge in [-0.2, -0.15) is 0 Å². The van der Waals surface area contributed by atoms with Crippen molar-refractivity contribution in [3.63, 3.8) is 0 Å². The number of nitrogens with one attached hydrogen (secondary N) is 2. The van der Waals surface area contributed by atoms with Gasteiger partial charge >= 0.3 is 5.97 Å². The quantitative estimate of drug-likeness (QED) is 0.478. The van der Waals surface area contributed by atoms with E-state index in [0.717, 1.165) is 0 Å². The van der Waals surface area contributed by atoms with E-state index in [9.17, 15) is 9.59 Å². The average molecular weight is 243 g/mol. The van der Waals surface area contributed by atoms with Crippen molar-refractivity contribution in [2.75, 3.05) is 12.8 Å². The van der Waals surface area contributed by atoms with Gasteiger partial charge in [-0.15, -0.1) is 0 Å². The molecule has 0 aliphatic carbocycles. The molecular weight excluding hydrogens is 230 g/mol. The number of H-pyrrole nitrogens is 1. The molecule has 0 amide bonds. The number of nitrogens with zero attached hydrogens (tertiary/aromatic N) is 1. The van der Waals surface area contributed by atoms with Crippen molar-refractivity contribution in [2.24, 2.45) is 0 Å². The van der Waals surface area contributed by atoms with E-state index in [1.165, 1.54) is 24.0 Å². The Bertz CT molecular complexity index is 407. The predicted octanol–water partition coefficient (Wildman–Crippen LogP) is -0.0753. The number of hydrogen-bond donors (Lipinski definition) is 3. The minimum Gasteiger partial charge on any atom is -0.480 e. The maximum Gasteiger partial charge on any atom is 0.320 e. The second kappa shape index (κ2) is 6.29. The molecule has 0 radical (unpaired) electrons. The fraction of sp³-hybridized carbons (Fsp3) is 0.444. The number of rotatable bonds is 6. The van der Waals surface area contributed by atoms with E-state index < -0.39 is 12.0 Å². The van der Waals surface area contributed by atoms with Crippen LogP contribution in [-0.2, 0) is 4.79 Å². The van der Waals surface area contributed by atoms with Gasteiger partial charge in [0.15, 0.2) is 5.16 Å². The highest BCUT2D eigenvalue weighted by atomic mass is 32.2. The van der Waals surface area contributed by atoms with E-state index >= 15 is 0 Å². The van der Waals surface area contributed by atoms with Crippen molar-refractivity contribution >= 4 is 17.7 Å². The van der Waals surface area contributed by atoms with E-state index in [2.05, 4.69) is 15.3 Å². The van der Waals surface area contributed by atoms with Crippen molar-refractivity contribution < 1.29 is 9.90 Å². The van der Waals surface area contributed by atoms with Gasteiger partial charge in [0.1, 0.15) is 6.04 Å². The summed E-state index contributed by atoms with van der Waals surface area (Å²) in [6, 6.07) is 0.764. The first kappa shape index (κ1) is 12.7. The van der Waals surface area contributed by atoms with Crippen LogP contribution in [0.15, 0.2) is 22.2 Å². The number of aromatic amines is 1. The van der Waals surface area contributed by atoms with Crippen molar-refractivity contribution in [1.82, 2.24) is 15.3 Å². The fourth-order valence-electron chi connectivity index (χ4n) is 1.09. The molecule has 0 aliphatic rings. The summed E-state index contributed by atoms with van der Waals surface area (Å²) < 4.78 is 0. The van der Waals surface area contributed by atoms with Crippen LogP contribution in [0, 0.1) is 0 Å². The third kappa shape index (κ3) is 4.03. The van der Waals surface area contributed by atoms with Gasteiger partial charge in [-0.1, -0.05) is 11.8 Å². The van der Waals surface area contributed by atoms with E-state index in [0.29, 0.717) is 17.3 Å². The molecule has 1 aromatic rings. The molecule has 0 aliphatic heterocycles. The lowest BCUT2D eigenvalue weighted by Gasteiger charge is -2.09. The number of hydrogen-bond acceptors (Lipinski definition) is 5. The Kier molecular flexibility index (Phi) is 5.00. The SMILES string of the molecule is CNC(CCSc1nccc(=O)[nH]1)C(=O)O. The molecule has 0 saturated carbocycles. The Balaban J connectivity index is 2.41. The number of carboxylic acid groups (broad SMARTS) is 1. The van der Waals surface area contributed by atoms with Gasteiger partial charge in [0.05, 0.1) is 0 Å². The molecule has 6 nitrogen and oxygen atoms in total. The molecule has 0 spiro atoms. The summed E-state index contributed by atoms with van der Waals surface area (Å²) in [4.78, 5) is 28.1. The smallest absolute Gasteiger partial charge is 0.320 e. The molecule has 1 heterocycles. The molecule has 1 atom stereocenters. The predicted molar refractivity (Wildman–Crippen MR) is 60.7 cm³/mol. The Labute approximate surface area is 96.5 Å². The lowest BCUT2D eigenvalue weighted by Crippen LogP contribution is -2.34. The van der Waals surface area contributed by atoms with Crippen LogP contribution in [0.5, 0.6) is 0 Å². The zero-order valence-electron chi connectivity index (χ0n) is 8.77. The second-order valence-electron chi connectivity index (χ2n) is 3.06. The second-order valence-corrected chi connectivity index (χ2v) is 4.14. The zero-order chi connectivity index (χ0) is 12.0. The Hall–Kier alpha value is -1.34. The number of likely N-dealkylation sites (N-methyl/N-ethyl adjacent to an activating group) is 1. The van der Waals surface area contributed by atoms with E-state index in [1.54, 1.807) is 7.05 Å². The Morgan fingerprint density at radius 3 is 3.06 bits per heavy atom. The number of aromatic nitrogens is 2. The Morgan fingerprint density at radius 2 is 2.50 bits per heavy atom. The van der Waals surface area contributed by atoms with Crippen LogP contribution in [0.1, 0.15) is 6.42 Å². The van der Waals surface area contributed by atoms with Crippen LogP contribution in [0.2, 0.25) is 0 Å². The molecule has 1 aromatic heterocycles. The van der Waals surface area contributed by atoms with Gasteiger partial charge in [0, 0.05) is 18.0 Å². The van der Waals surface area contributed by atoms with Crippen molar-refractivity contribution in [2.45, 2.75) is 17.6 Å². The van der Waals surface area contributed by atoms with Gasteiger partial charge in [-0.3, -0.25) is 9.59 Å². The summed E-state index contributed by atoms with van der Waals surface area (Å²) in [5.41, 5.74) is -0.207. The Morgan fingerprint density at radius 1 is 1.75 bits per heavy atom. The standard InChI is InChI=1S/C9H13N3O3S/c1-10-6(8(14)15)3-5-16-9-11-4-2-7(13)12-9/h2,4,6,10H,3,5H2,1H3,(H,14,15)(H,11,12,13). The molecule has 1 unspecified atom stereocenters. The summed E-state index contributed by atoms with van der Waals surface area (Å²) >= 11 is 1.33. The molecule has 16 heavy (non-hydrogen) atoms. The summed E-state index contributed by atoms with van der Waals surface area (Å²) in [7, 11) is 1.60. The average Bonchev–Trinajstić information content (AvgIpc) is 2.24. The molecular formula is C9H13N3O3S. The van der Waals surface area contributed by atoms with Crippen molar-refractivity contribution in [1.29, 1.82) is 0 Å². The summed E-state index contributed by atoms with van der Waals surface area (Å²) in [6.45, 7) is 0. The highest BCUT2D eigenvalue weighted by Crippen LogP contribution is 2.12. The van der Waals surface area contributed by atoms with Gasteiger partial charge < -0.3 is 15.4 Å². The van der Waals surface area contributed by atoms with Gasteiger partial charge in [0.25, 0.3) is 5.56 Å². The van der Waals surface area contributed by atoms with E-state index in [1.807, 2.05) is 0 Å². The number of carboxylic acids is 1. The van der Waals surface area contributed by atoms with Gasteiger partial charge in [-0.05, 0) is 13.5 Å². The monoisotopic (exact) mass is 243 g/mol. The van der Waals surface area contributed by atoms with Crippen LogP contribution < -0.4 is 10.9 Å². The first-order valence-corrected chi connectivity index (χ1v) is 5.70. The van der Waals surface area contributed by atoms with Crippen molar-refractivity contribution in [3.05, 3.63) is 22.6 Å². The topological polar surface area (TPSA) is 95.1 Å². The van der Waals surface area contributed by atoms with E-state index in [4.69, 9.17) is 5.11 Å². The maximum atomic E-state index is 10.9. The molecule has 0 bridgehead atoms. The summed E-state index contributed by atoms with van der Waals surface area (Å²) in [6.07, 6.45) is 1.89. The molecule has 0 aromatic carbocycles. The van der Waals surface area contributed by atoms with E-state index in [-0.39, 0.29) is 5.56 Å². The highest BCUT2D eigenvalue weighted by Gasteiger charge is 2.14. The third-order valence-corrected chi connectivity index (χ3v) is 2.86. The lowest BCUT2D eigenvalue weighted by molar-refractivity contribution is -0.139. The highest BCUT2D eigenvalue weighted by molar-refractivity contribution is 7.99. The number of carbonyl (C=O) groups is 1. The molecule has 1 rings (SSSR count). The first-order chi connectivity index (χ1) is 7.63. The minimum atomic E-state index is -0.877. The van der Waals surface area contributed by atoms with Gasteiger partial charge in [0.2, 0.25) is 0 Å². The van der Waals surface area contributed by atoms with Crippen LogP contribution in [-0.4, -0.2) is 39.9 Å².